The zero-order chi connectivity index (χ0) is 27.9. The molecule has 2 aromatic heterocycles. The summed E-state index contributed by atoms with van der Waals surface area (Å²) in [6.45, 7) is 2.23. The molecule has 0 radical (unpaired) electrons. The molecule has 3 aromatic rings. The number of aliphatic hydroxyl groups is 1. The van der Waals surface area contributed by atoms with Gasteiger partial charge in [0.15, 0.2) is 5.82 Å². The highest BCUT2D eigenvalue weighted by atomic mass is 32.2. The van der Waals surface area contributed by atoms with Crippen LogP contribution in [0.15, 0.2) is 48.1 Å². The first kappa shape index (κ1) is 26.7. The van der Waals surface area contributed by atoms with Gasteiger partial charge in [-0.3, -0.25) is 9.69 Å². The smallest absolute Gasteiger partial charge is 0.247 e. The largest absolute Gasteiger partial charge is 0.492 e. The van der Waals surface area contributed by atoms with Crippen molar-refractivity contribution in [1.29, 1.82) is 0 Å². The van der Waals surface area contributed by atoms with Crippen molar-refractivity contribution in [3.05, 3.63) is 48.8 Å². The number of aryl methyl sites for hydroxylation is 1. The van der Waals surface area contributed by atoms with E-state index >= 15 is 0 Å². The van der Waals surface area contributed by atoms with E-state index in [1.54, 1.807) is 36.3 Å². The molecule has 6 rings (SSSR count). The third-order valence-corrected chi connectivity index (χ3v) is 10.0. The first-order chi connectivity index (χ1) is 19.2. The minimum Gasteiger partial charge on any atom is -0.492 e. The van der Waals surface area contributed by atoms with Gasteiger partial charge < -0.3 is 15.2 Å². The number of aliphatic hydroxyl groups excluding tert-OH is 1. The molecule has 3 aliphatic heterocycles. The molecule has 5 heterocycles. The topological polar surface area (TPSA) is 156 Å². The molecular weight excluding hydrogens is 536 g/mol. The van der Waals surface area contributed by atoms with Crippen molar-refractivity contribution in [3.63, 3.8) is 0 Å². The standard InChI is InChI=1S/C26H32N8O5S/c1-32-24(29-17-30-32)19-2-3-23-22(10-19)39-9-6-26(4-7-33(8-5-26)14-18-12-27-16-28-13-18)31-25(36)21-11-20(35)15-34(21)40(23,37)38/h2-3,10,12-13,16-17,20-21,35H,4-9,11,14-15H2,1H3,(H,31,36)/t20-,21+/m1/s1. The normalized spacial score (nSPS) is 24.9. The van der Waals surface area contributed by atoms with Gasteiger partial charge in [0.1, 0.15) is 29.3 Å². The van der Waals surface area contributed by atoms with Gasteiger partial charge in [-0.05, 0) is 31.0 Å². The second-order valence-electron chi connectivity index (χ2n) is 10.7. The zero-order valence-electron chi connectivity index (χ0n) is 22.2. The van der Waals surface area contributed by atoms with Crippen molar-refractivity contribution in [1.82, 2.24) is 39.3 Å². The van der Waals surface area contributed by atoms with Crippen molar-refractivity contribution >= 4 is 15.9 Å². The van der Waals surface area contributed by atoms with Crippen LogP contribution in [0.25, 0.3) is 11.4 Å². The number of piperidine rings is 1. The van der Waals surface area contributed by atoms with Gasteiger partial charge in [0.05, 0.1) is 12.7 Å². The summed E-state index contributed by atoms with van der Waals surface area (Å²) >= 11 is 0. The summed E-state index contributed by atoms with van der Waals surface area (Å²) in [7, 11) is -2.40. The van der Waals surface area contributed by atoms with Crippen LogP contribution in [0.3, 0.4) is 0 Å². The first-order valence-corrected chi connectivity index (χ1v) is 14.8. The summed E-state index contributed by atoms with van der Waals surface area (Å²) in [4.78, 5) is 28.4. The van der Waals surface area contributed by atoms with Gasteiger partial charge in [0.2, 0.25) is 15.9 Å². The van der Waals surface area contributed by atoms with E-state index in [1.807, 2.05) is 0 Å². The van der Waals surface area contributed by atoms with Crippen LogP contribution in [-0.4, -0.2) is 97.3 Å². The molecule has 40 heavy (non-hydrogen) atoms. The van der Waals surface area contributed by atoms with Gasteiger partial charge >= 0.3 is 0 Å². The van der Waals surface area contributed by atoms with Crippen LogP contribution < -0.4 is 10.1 Å². The predicted octanol–water partition coefficient (Wildman–Crippen LogP) is 0.330. The van der Waals surface area contributed by atoms with Crippen molar-refractivity contribution in [2.24, 2.45) is 7.05 Å². The van der Waals surface area contributed by atoms with E-state index < -0.39 is 27.7 Å². The molecule has 0 bridgehead atoms. The molecular formula is C26H32N8O5S. The Morgan fingerprint density at radius 3 is 2.65 bits per heavy atom. The highest BCUT2D eigenvalue weighted by molar-refractivity contribution is 7.89. The Labute approximate surface area is 232 Å². The molecule has 2 saturated heterocycles. The van der Waals surface area contributed by atoms with E-state index in [4.69, 9.17) is 4.74 Å². The van der Waals surface area contributed by atoms with Gasteiger partial charge in [-0.1, -0.05) is 0 Å². The summed E-state index contributed by atoms with van der Waals surface area (Å²) in [5.74, 6) is 0.368. The third-order valence-electron chi connectivity index (χ3n) is 8.10. The summed E-state index contributed by atoms with van der Waals surface area (Å²) in [6, 6.07) is 3.77. The summed E-state index contributed by atoms with van der Waals surface area (Å²) in [6.07, 6.45) is 7.47. The number of amides is 1. The number of sulfonamides is 1. The van der Waals surface area contributed by atoms with Gasteiger partial charge in [-0.25, -0.2) is 28.1 Å². The van der Waals surface area contributed by atoms with E-state index in [0.29, 0.717) is 37.2 Å². The number of hydrogen-bond donors (Lipinski definition) is 2. The van der Waals surface area contributed by atoms with Crippen LogP contribution in [0.5, 0.6) is 5.75 Å². The third kappa shape index (κ3) is 5.07. The molecule has 2 fully saturated rings. The number of ether oxygens (including phenoxy) is 1. The first-order valence-electron chi connectivity index (χ1n) is 13.3. The number of benzene rings is 1. The number of likely N-dealkylation sites (tertiary alicyclic amines) is 1. The lowest BCUT2D eigenvalue weighted by Crippen LogP contribution is -2.59. The monoisotopic (exact) mass is 568 g/mol. The van der Waals surface area contributed by atoms with Crippen LogP contribution in [-0.2, 0) is 28.4 Å². The summed E-state index contributed by atoms with van der Waals surface area (Å²) in [5.41, 5.74) is 1.10. The van der Waals surface area contributed by atoms with Crippen LogP contribution in [0.1, 0.15) is 31.2 Å². The highest BCUT2D eigenvalue weighted by Crippen LogP contribution is 2.37. The molecule has 0 saturated carbocycles. The number of nitrogens with zero attached hydrogens (tertiary/aromatic N) is 7. The molecule has 1 amide bonds. The van der Waals surface area contributed by atoms with E-state index in [0.717, 1.165) is 23.0 Å². The Hall–Kier alpha value is -3.46. The number of nitrogens with one attached hydrogen (secondary N) is 1. The number of aromatic nitrogens is 5. The Kier molecular flexibility index (Phi) is 7.02. The second kappa shape index (κ2) is 10.5. The minimum atomic E-state index is -4.16. The lowest BCUT2D eigenvalue weighted by molar-refractivity contribution is -0.127. The molecule has 212 valence electrons. The van der Waals surface area contributed by atoms with Crippen molar-refractivity contribution in [2.75, 3.05) is 26.2 Å². The Morgan fingerprint density at radius 1 is 1.15 bits per heavy atom. The molecule has 0 unspecified atom stereocenters. The zero-order valence-corrected chi connectivity index (χ0v) is 23.0. The number of carbonyl (C=O) groups excluding carboxylic acids is 1. The van der Waals surface area contributed by atoms with E-state index in [2.05, 4.69) is 30.3 Å². The van der Waals surface area contributed by atoms with Crippen molar-refractivity contribution < 1.29 is 23.1 Å². The lowest BCUT2D eigenvalue weighted by Gasteiger charge is -2.43. The van der Waals surface area contributed by atoms with Crippen LogP contribution >= 0.6 is 0 Å². The fourth-order valence-electron chi connectivity index (χ4n) is 5.89. The SMILES string of the molecule is Cn1ncnc1-c1ccc2c(c1)OCCC1(CCN(Cc3cncnc3)CC1)NC(=O)[C@@H]1C[C@@H](O)CN1S2(=O)=O. The van der Waals surface area contributed by atoms with Gasteiger partial charge in [0, 0.05) is 75.1 Å². The summed E-state index contributed by atoms with van der Waals surface area (Å²) in [5, 5.41) is 17.8. The molecule has 0 aliphatic carbocycles. The molecule has 2 atom stereocenters. The van der Waals surface area contributed by atoms with Crippen LogP contribution in [0, 0.1) is 0 Å². The highest BCUT2D eigenvalue weighted by Gasteiger charge is 2.47. The van der Waals surface area contributed by atoms with E-state index in [1.165, 1.54) is 18.7 Å². The average Bonchev–Trinajstić information content (AvgIpc) is 3.56. The number of hydrogen-bond acceptors (Lipinski definition) is 10. The van der Waals surface area contributed by atoms with E-state index in [9.17, 15) is 18.3 Å². The van der Waals surface area contributed by atoms with Crippen LogP contribution in [0.4, 0.5) is 0 Å². The number of fused-ring (bicyclic) bond motifs is 2. The van der Waals surface area contributed by atoms with Gasteiger partial charge in [-0.2, -0.15) is 9.40 Å². The molecule has 14 heteroatoms. The van der Waals surface area contributed by atoms with Gasteiger partial charge in [-0.15, -0.1) is 0 Å². The fourth-order valence-corrected chi connectivity index (χ4v) is 7.64. The van der Waals surface area contributed by atoms with Crippen molar-refractivity contribution in [3.8, 4) is 17.1 Å². The molecule has 1 spiro atoms. The van der Waals surface area contributed by atoms with E-state index in [-0.39, 0.29) is 36.1 Å². The average molecular weight is 569 g/mol. The Balaban J connectivity index is 1.31. The Morgan fingerprint density at radius 2 is 1.93 bits per heavy atom. The summed E-state index contributed by atoms with van der Waals surface area (Å²) < 4.78 is 36.7. The fraction of sp³-hybridized carbons (Fsp3) is 0.500. The lowest BCUT2D eigenvalue weighted by atomic mass is 9.84. The maximum absolute atomic E-state index is 13.9. The Bertz CT molecular complexity index is 1490. The van der Waals surface area contributed by atoms with Crippen LogP contribution in [0.2, 0.25) is 0 Å². The molecule has 1 aromatic carbocycles. The quantitative estimate of drug-likeness (QED) is 0.451. The number of rotatable bonds is 3. The predicted molar refractivity (Wildman–Crippen MR) is 142 cm³/mol. The molecule has 3 aliphatic rings. The van der Waals surface area contributed by atoms with Gasteiger partial charge in [0.25, 0.3) is 0 Å². The maximum atomic E-state index is 13.9. The second-order valence-corrected chi connectivity index (χ2v) is 12.6. The molecule has 13 nitrogen and oxygen atoms in total. The minimum absolute atomic E-state index is 0.0362. The van der Waals surface area contributed by atoms with Crippen molar-refractivity contribution in [2.45, 2.75) is 54.8 Å². The maximum Gasteiger partial charge on any atom is 0.247 e. The molecule has 2 N–H and O–H groups in total. The number of carbonyl (C=O) groups is 1.